The molecule has 1 aromatic heterocycles. The third-order valence-electron chi connectivity index (χ3n) is 4.83. The van der Waals surface area contributed by atoms with Crippen molar-refractivity contribution >= 4 is 12.4 Å². The topological polar surface area (TPSA) is 59.8 Å². The summed E-state index contributed by atoms with van der Waals surface area (Å²) in [5.74, 6) is 1.30. The Morgan fingerprint density at radius 1 is 1.29 bits per heavy atom. The summed E-state index contributed by atoms with van der Waals surface area (Å²) in [6.07, 6.45) is 3.44. The van der Waals surface area contributed by atoms with Crippen LogP contribution in [0, 0.1) is 6.92 Å². The number of aliphatic hydroxyl groups is 1. The largest absolute Gasteiger partial charge is 0.491 e. The molecule has 2 aromatic rings. The molecule has 1 saturated heterocycles. The molecule has 0 radical (unpaired) electrons. The van der Waals surface area contributed by atoms with Crippen LogP contribution in [0.15, 0.2) is 36.7 Å². The second-order valence-corrected chi connectivity index (χ2v) is 7.68. The number of halogens is 1. The lowest BCUT2D eigenvalue weighted by molar-refractivity contribution is -0.0517. The van der Waals surface area contributed by atoms with E-state index < -0.39 is 6.10 Å². The molecule has 6 nitrogen and oxygen atoms in total. The summed E-state index contributed by atoms with van der Waals surface area (Å²) in [7, 11) is 0. The van der Waals surface area contributed by atoms with E-state index in [2.05, 4.69) is 36.0 Å². The second-order valence-electron chi connectivity index (χ2n) is 7.68. The monoisotopic (exact) mass is 409 g/mol. The zero-order valence-electron chi connectivity index (χ0n) is 17.0. The number of β-amino-alcohol motifs (C(OH)–C–C–N with tert-alkyl or cyclic N) is 1. The van der Waals surface area contributed by atoms with Crippen molar-refractivity contribution < 1.29 is 14.6 Å². The number of hydrogen-bond acceptors (Lipinski definition) is 5. The first-order chi connectivity index (χ1) is 13.0. The first kappa shape index (κ1) is 22.7. The van der Waals surface area contributed by atoms with Gasteiger partial charge >= 0.3 is 0 Å². The molecule has 0 bridgehead atoms. The molecule has 0 aliphatic carbocycles. The Hall–Kier alpha value is -1.60. The molecule has 3 rings (SSSR count). The van der Waals surface area contributed by atoms with Gasteiger partial charge in [0.05, 0.1) is 25.5 Å². The van der Waals surface area contributed by atoms with Crippen LogP contribution >= 0.6 is 12.4 Å². The van der Waals surface area contributed by atoms with Crippen LogP contribution in [0.3, 0.4) is 0 Å². The van der Waals surface area contributed by atoms with E-state index >= 15 is 0 Å². The summed E-state index contributed by atoms with van der Waals surface area (Å²) >= 11 is 0. The van der Waals surface area contributed by atoms with Crippen molar-refractivity contribution in [2.24, 2.45) is 0 Å². The van der Waals surface area contributed by atoms with Crippen LogP contribution in [0.4, 0.5) is 0 Å². The molecule has 28 heavy (non-hydrogen) atoms. The van der Waals surface area contributed by atoms with Gasteiger partial charge in [0.2, 0.25) is 0 Å². The fraction of sp³-hybridized carbons (Fsp3) is 0.571. The molecule has 1 fully saturated rings. The number of hydrogen-bond donors (Lipinski definition) is 1. The smallest absolute Gasteiger partial charge is 0.119 e. The Morgan fingerprint density at radius 2 is 2.04 bits per heavy atom. The standard InChI is InChI=1S/C21H31N3O3.ClH/c1-16(2)18-4-6-20(7-5-18)27-15-19(25)12-23-8-9-26-21(13-23)14-24-11-17(3)10-22-24;/h4-7,10-11,16,19,21,25H,8-9,12-15H2,1-3H3;1H. The summed E-state index contributed by atoms with van der Waals surface area (Å²) in [5, 5.41) is 14.7. The summed E-state index contributed by atoms with van der Waals surface area (Å²) in [6.45, 7) is 10.3. The van der Waals surface area contributed by atoms with Gasteiger partial charge in [0.1, 0.15) is 18.5 Å². The van der Waals surface area contributed by atoms with E-state index in [1.807, 2.05) is 36.1 Å². The summed E-state index contributed by atoms with van der Waals surface area (Å²) in [6, 6.07) is 8.10. The molecular formula is C21H32ClN3O3. The molecule has 1 aliphatic rings. The van der Waals surface area contributed by atoms with Crippen molar-refractivity contribution in [3.05, 3.63) is 47.8 Å². The van der Waals surface area contributed by atoms with E-state index in [-0.39, 0.29) is 18.5 Å². The molecule has 2 atom stereocenters. The van der Waals surface area contributed by atoms with Gasteiger partial charge in [-0.05, 0) is 36.1 Å². The highest BCUT2D eigenvalue weighted by Crippen LogP contribution is 2.18. The predicted octanol–water partition coefficient (Wildman–Crippen LogP) is 2.88. The van der Waals surface area contributed by atoms with Crippen LogP contribution < -0.4 is 4.74 Å². The van der Waals surface area contributed by atoms with Crippen molar-refractivity contribution in [2.45, 2.75) is 45.4 Å². The number of nitrogens with zero attached hydrogens (tertiary/aromatic N) is 3. The molecule has 1 N–H and O–H groups in total. The van der Waals surface area contributed by atoms with Gasteiger partial charge in [-0.2, -0.15) is 5.10 Å². The van der Waals surface area contributed by atoms with Gasteiger partial charge in [0.25, 0.3) is 0 Å². The van der Waals surface area contributed by atoms with Gasteiger partial charge in [-0.15, -0.1) is 12.4 Å². The number of ether oxygens (including phenoxy) is 2. The number of rotatable bonds is 8. The Kier molecular flexibility index (Phi) is 8.76. The predicted molar refractivity (Wildman–Crippen MR) is 112 cm³/mol. The number of morpholine rings is 1. The summed E-state index contributed by atoms with van der Waals surface area (Å²) in [4.78, 5) is 2.24. The van der Waals surface area contributed by atoms with E-state index in [9.17, 15) is 5.11 Å². The second kappa shape index (κ2) is 10.8. The summed E-state index contributed by atoms with van der Waals surface area (Å²) in [5.41, 5.74) is 2.44. The lowest BCUT2D eigenvalue weighted by Crippen LogP contribution is -2.47. The van der Waals surface area contributed by atoms with Crippen LogP contribution in [0.2, 0.25) is 0 Å². The van der Waals surface area contributed by atoms with Crippen molar-refractivity contribution in [3.63, 3.8) is 0 Å². The maximum absolute atomic E-state index is 10.4. The highest BCUT2D eigenvalue weighted by atomic mass is 35.5. The van der Waals surface area contributed by atoms with E-state index in [0.717, 1.165) is 30.9 Å². The van der Waals surface area contributed by atoms with Crippen molar-refractivity contribution in [1.29, 1.82) is 0 Å². The first-order valence-corrected chi connectivity index (χ1v) is 9.73. The molecule has 1 aliphatic heterocycles. The lowest BCUT2D eigenvalue weighted by atomic mass is 10.0. The van der Waals surface area contributed by atoms with E-state index in [0.29, 0.717) is 25.7 Å². The minimum atomic E-state index is -0.527. The van der Waals surface area contributed by atoms with Crippen molar-refractivity contribution in [1.82, 2.24) is 14.7 Å². The maximum atomic E-state index is 10.4. The van der Waals surface area contributed by atoms with Gasteiger partial charge in [-0.25, -0.2) is 0 Å². The maximum Gasteiger partial charge on any atom is 0.119 e. The van der Waals surface area contributed by atoms with Gasteiger partial charge < -0.3 is 14.6 Å². The summed E-state index contributed by atoms with van der Waals surface area (Å²) < 4.78 is 13.5. The lowest BCUT2D eigenvalue weighted by Gasteiger charge is -2.34. The number of aliphatic hydroxyl groups excluding tert-OH is 1. The number of aryl methyl sites for hydroxylation is 1. The molecular weight excluding hydrogens is 378 g/mol. The number of benzene rings is 1. The minimum Gasteiger partial charge on any atom is -0.491 e. The van der Waals surface area contributed by atoms with E-state index in [1.54, 1.807) is 0 Å². The molecule has 0 amide bonds. The molecule has 2 heterocycles. The zero-order chi connectivity index (χ0) is 19.2. The third kappa shape index (κ3) is 6.78. The molecule has 1 aromatic carbocycles. The average Bonchev–Trinajstić information content (AvgIpc) is 3.05. The van der Waals surface area contributed by atoms with Crippen LogP contribution in [-0.4, -0.2) is 64.8 Å². The van der Waals surface area contributed by atoms with Gasteiger partial charge in [0, 0.05) is 25.8 Å². The van der Waals surface area contributed by atoms with E-state index in [4.69, 9.17) is 9.47 Å². The van der Waals surface area contributed by atoms with Gasteiger partial charge in [-0.1, -0.05) is 26.0 Å². The first-order valence-electron chi connectivity index (χ1n) is 9.73. The Labute approximate surface area is 173 Å². The van der Waals surface area contributed by atoms with Crippen LogP contribution in [0.25, 0.3) is 0 Å². The van der Waals surface area contributed by atoms with Crippen LogP contribution in [-0.2, 0) is 11.3 Å². The zero-order valence-corrected chi connectivity index (χ0v) is 17.8. The Bertz CT molecular complexity index is 705. The Morgan fingerprint density at radius 3 is 2.68 bits per heavy atom. The van der Waals surface area contributed by atoms with E-state index in [1.165, 1.54) is 5.56 Å². The average molecular weight is 410 g/mol. The van der Waals surface area contributed by atoms with Gasteiger partial charge in [-0.3, -0.25) is 9.58 Å². The SMILES string of the molecule is Cc1cnn(CC2CN(CC(O)COc3ccc(C(C)C)cc3)CCO2)c1.Cl. The highest BCUT2D eigenvalue weighted by molar-refractivity contribution is 5.85. The van der Waals surface area contributed by atoms with Crippen molar-refractivity contribution in [3.8, 4) is 5.75 Å². The van der Waals surface area contributed by atoms with Gasteiger partial charge in [0.15, 0.2) is 0 Å². The normalized spacial score (nSPS) is 18.7. The van der Waals surface area contributed by atoms with Crippen molar-refractivity contribution in [2.75, 3.05) is 32.8 Å². The molecule has 7 heteroatoms. The molecule has 156 valence electrons. The third-order valence-corrected chi connectivity index (χ3v) is 4.83. The Balaban J connectivity index is 0.00000280. The highest BCUT2D eigenvalue weighted by Gasteiger charge is 2.23. The quantitative estimate of drug-likeness (QED) is 0.726. The van der Waals surface area contributed by atoms with Crippen LogP contribution in [0.5, 0.6) is 5.75 Å². The minimum absolute atomic E-state index is 0. The fourth-order valence-electron chi connectivity index (χ4n) is 3.32. The fourth-order valence-corrected chi connectivity index (χ4v) is 3.32. The molecule has 0 saturated carbocycles. The van der Waals surface area contributed by atoms with Crippen LogP contribution in [0.1, 0.15) is 30.9 Å². The molecule has 2 unspecified atom stereocenters. The molecule has 0 spiro atoms. The number of aromatic nitrogens is 2.